The van der Waals surface area contributed by atoms with Crippen LogP contribution in [0.15, 0.2) is 18.2 Å². The van der Waals surface area contributed by atoms with Crippen LogP contribution in [-0.2, 0) is 4.57 Å². The Balaban J connectivity index is 0.00000122. The Bertz CT molecular complexity index is 622. The van der Waals surface area contributed by atoms with Crippen molar-refractivity contribution in [1.82, 2.24) is 5.20 Å². The molecule has 0 heterocycles. The minimum atomic E-state index is -4.63. The molecule has 0 fully saturated rings. The number of nitro groups is 2. The Morgan fingerprint density at radius 3 is 2.19 bits per heavy atom. The van der Waals surface area contributed by atoms with Crippen molar-refractivity contribution in [3.05, 3.63) is 38.4 Å². The first-order valence-electron chi connectivity index (χ1n) is 4.95. The molecule has 0 aliphatic heterocycles. The highest BCUT2D eigenvalue weighted by Crippen LogP contribution is 2.32. The number of hydrazine groups is 1. The smallest absolute Gasteiger partial charge is 0.311 e. The van der Waals surface area contributed by atoms with Gasteiger partial charge in [0.2, 0.25) is 0 Å². The zero-order valence-electron chi connectivity index (χ0n) is 10.5. The summed E-state index contributed by atoms with van der Waals surface area (Å²) in [5.41, 5.74) is 0.412. The quantitative estimate of drug-likeness (QED) is 0.346. The summed E-state index contributed by atoms with van der Waals surface area (Å²) in [4.78, 5) is 36.3. The lowest BCUT2D eigenvalue weighted by Gasteiger charge is -2.09. The normalized spacial score (nSPS) is 9.81. The summed E-state index contributed by atoms with van der Waals surface area (Å²) < 4.78 is 10.5. The lowest BCUT2D eigenvalue weighted by Crippen LogP contribution is -2.18. The number of hydrogen-bond acceptors (Lipinski definition) is 7. The van der Waals surface area contributed by atoms with Gasteiger partial charge in [-0.1, -0.05) is 0 Å². The second-order valence-corrected chi connectivity index (χ2v) is 4.53. The number of rotatable bonds is 5. The lowest BCUT2D eigenvalue weighted by atomic mass is 10.2. The van der Waals surface area contributed by atoms with Crippen LogP contribution in [0.5, 0.6) is 0 Å². The number of anilines is 1. The zero-order valence-corrected chi connectivity index (χ0v) is 11.4. The summed E-state index contributed by atoms with van der Waals surface area (Å²) in [6, 6.07) is 4.33. The second-order valence-electron chi connectivity index (χ2n) is 3.22. The van der Waals surface area contributed by atoms with Crippen molar-refractivity contribution in [2.45, 2.75) is 6.92 Å². The molecule has 1 rings (SSSR count). The Hall–Kier alpha value is -2.58. The topological polar surface area (TPSA) is 192 Å². The monoisotopic (exact) mass is 319 g/mol. The SMILES string of the molecule is CC#N.O=[N+]([O-])c1ccc(NNP(=O)(O)O)c([N+](=O)[O-])c1. The Morgan fingerprint density at radius 2 is 1.81 bits per heavy atom. The van der Waals surface area contributed by atoms with Crippen LogP contribution < -0.4 is 10.6 Å². The number of nitrogens with zero attached hydrogens (tertiary/aromatic N) is 3. The number of nitro benzene ring substituents is 2. The van der Waals surface area contributed by atoms with E-state index in [1.165, 1.54) is 12.1 Å². The van der Waals surface area contributed by atoms with E-state index in [2.05, 4.69) is 0 Å². The van der Waals surface area contributed by atoms with Crippen molar-refractivity contribution in [3.8, 4) is 6.07 Å². The van der Waals surface area contributed by atoms with Gasteiger partial charge in [0.25, 0.3) is 5.69 Å². The first-order chi connectivity index (χ1) is 9.62. The third-order valence-corrected chi connectivity index (χ3v) is 2.13. The van der Waals surface area contributed by atoms with Gasteiger partial charge in [-0.3, -0.25) is 20.2 Å². The van der Waals surface area contributed by atoms with Crippen molar-refractivity contribution in [3.63, 3.8) is 0 Å². The molecule has 0 radical (unpaired) electrons. The maximum absolute atomic E-state index is 10.6. The Labute approximate surface area is 117 Å². The molecule has 0 aromatic heterocycles. The van der Waals surface area contributed by atoms with Crippen LogP contribution in [0.25, 0.3) is 0 Å². The Kier molecular flexibility index (Phi) is 6.91. The third-order valence-electron chi connectivity index (χ3n) is 1.73. The fourth-order valence-corrected chi connectivity index (χ4v) is 1.29. The molecule has 0 amide bonds. The molecule has 114 valence electrons. The van der Waals surface area contributed by atoms with Crippen molar-refractivity contribution in [1.29, 1.82) is 5.26 Å². The molecule has 13 heteroatoms. The number of nitriles is 1. The molecule has 1 aromatic rings. The fourth-order valence-electron chi connectivity index (χ4n) is 1.02. The zero-order chi connectivity index (χ0) is 16.6. The molecule has 12 nitrogen and oxygen atoms in total. The molecular formula is C8H10N5O7P. The van der Waals surface area contributed by atoms with E-state index in [1.54, 1.807) is 6.07 Å². The van der Waals surface area contributed by atoms with Gasteiger partial charge >= 0.3 is 13.4 Å². The Morgan fingerprint density at radius 1 is 1.29 bits per heavy atom. The number of benzene rings is 1. The van der Waals surface area contributed by atoms with Crippen molar-refractivity contribution in [2.24, 2.45) is 0 Å². The minimum absolute atomic E-state index is 0.311. The average Bonchev–Trinajstić information content (AvgIpc) is 2.36. The first kappa shape index (κ1) is 18.4. The van der Waals surface area contributed by atoms with Gasteiger partial charge in [-0.05, 0) is 6.07 Å². The summed E-state index contributed by atoms with van der Waals surface area (Å²) in [6.45, 7) is 1.43. The predicted molar refractivity (Wildman–Crippen MR) is 69.8 cm³/mol. The van der Waals surface area contributed by atoms with Crippen LogP contribution in [0.4, 0.5) is 17.1 Å². The van der Waals surface area contributed by atoms with Crippen LogP contribution >= 0.6 is 7.75 Å². The van der Waals surface area contributed by atoms with Gasteiger partial charge in [0.15, 0.2) is 0 Å². The van der Waals surface area contributed by atoms with Gasteiger partial charge in [-0.25, -0.2) is 4.57 Å². The maximum atomic E-state index is 10.6. The second kappa shape index (κ2) is 7.88. The molecule has 0 atom stereocenters. The van der Waals surface area contributed by atoms with Gasteiger partial charge in [-0.15, -0.1) is 5.20 Å². The number of hydrogen-bond donors (Lipinski definition) is 4. The maximum Gasteiger partial charge on any atom is 0.417 e. The summed E-state index contributed by atoms with van der Waals surface area (Å²) in [5, 5.41) is 29.9. The van der Waals surface area contributed by atoms with Crippen molar-refractivity contribution >= 4 is 24.8 Å². The van der Waals surface area contributed by atoms with Gasteiger partial charge in [-0.2, -0.15) is 5.26 Å². The molecule has 0 unspecified atom stereocenters. The number of non-ortho nitro benzene ring substituents is 1. The van der Waals surface area contributed by atoms with Gasteiger partial charge in [0.1, 0.15) is 5.69 Å². The van der Waals surface area contributed by atoms with Crippen LogP contribution in [-0.4, -0.2) is 19.6 Å². The average molecular weight is 319 g/mol. The van der Waals surface area contributed by atoms with E-state index in [4.69, 9.17) is 15.0 Å². The van der Waals surface area contributed by atoms with Crippen molar-refractivity contribution < 1.29 is 24.2 Å². The molecule has 0 bridgehead atoms. The molecule has 0 saturated carbocycles. The summed E-state index contributed by atoms with van der Waals surface area (Å²) in [6.07, 6.45) is 0. The highest BCUT2D eigenvalue weighted by molar-refractivity contribution is 7.49. The first-order valence-corrected chi connectivity index (χ1v) is 6.56. The molecule has 21 heavy (non-hydrogen) atoms. The highest BCUT2D eigenvalue weighted by Gasteiger charge is 2.21. The lowest BCUT2D eigenvalue weighted by molar-refractivity contribution is -0.393. The standard InChI is InChI=1S/C6H7N4O7P.C2H3N/c11-9(12)4-1-2-5(6(3-4)10(13)14)7-8-18(15,16)17;1-2-3/h1-3,7H,(H3,8,15,16,17);1H3. The van der Waals surface area contributed by atoms with E-state index in [-0.39, 0.29) is 5.69 Å². The highest BCUT2D eigenvalue weighted by atomic mass is 31.2. The van der Waals surface area contributed by atoms with Crippen molar-refractivity contribution in [2.75, 3.05) is 5.43 Å². The summed E-state index contributed by atoms with van der Waals surface area (Å²) in [5.74, 6) is 0. The molecule has 1 aromatic carbocycles. The molecule has 0 aliphatic carbocycles. The minimum Gasteiger partial charge on any atom is -0.311 e. The van der Waals surface area contributed by atoms with E-state index in [0.29, 0.717) is 6.07 Å². The number of nitrogens with one attached hydrogen (secondary N) is 2. The summed E-state index contributed by atoms with van der Waals surface area (Å²) in [7, 11) is -4.63. The van der Waals surface area contributed by atoms with Crippen LogP contribution in [0.2, 0.25) is 0 Å². The predicted octanol–water partition coefficient (Wildman–Crippen LogP) is 1.04. The van der Waals surface area contributed by atoms with Crippen LogP contribution in [0.3, 0.4) is 0 Å². The van der Waals surface area contributed by atoms with Gasteiger partial charge in [0.05, 0.1) is 22.0 Å². The van der Waals surface area contributed by atoms with E-state index in [0.717, 1.165) is 12.1 Å². The molecule has 0 aliphatic rings. The summed E-state index contributed by atoms with van der Waals surface area (Å²) >= 11 is 0. The third kappa shape index (κ3) is 6.95. The molecule has 4 N–H and O–H groups in total. The van der Waals surface area contributed by atoms with Gasteiger partial charge < -0.3 is 15.2 Å². The largest absolute Gasteiger partial charge is 0.417 e. The van der Waals surface area contributed by atoms with E-state index in [9.17, 15) is 24.8 Å². The van der Waals surface area contributed by atoms with Gasteiger partial charge in [0, 0.05) is 13.0 Å². The van der Waals surface area contributed by atoms with E-state index >= 15 is 0 Å². The fraction of sp³-hybridized carbons (Fsp3) is 0.125. The van der Waals surface area contributed by atoms with E-state index < -0.39 is 29.0 Å². The van der Waals surface area contributed by atoms with E-state index in [1.807, 2.05) is 5.43 Å². The molecule has 0 spiro atoms. The molecule has 0 saturated heterocycles. The van der Waals surface area contributed by atoms with Crippen LogP contribution in [0.1, 0.15) is 6.92 Å². The van der Waals surface area contributed by atoms with Crippen LogP contribution in [0, 0.1) is 31.6 Å². The molecular weight excluding hydrogens is 309 g/mol.